The highest BCUT2D eigenvalue weighted by Crippen LogP contribution is 2.45. The van der Waals surface area contributed by atoms with Crippen LogP contribution in [0.1, 0.15) is 97.8 Å². The molecule has 3 heteroatoms. The number of benzene rings is 7. The fraction of sp³-hybridized carbons (Fsp3) is 0.250. The van der Waals surface area contributed by atoms with Gasteiger partial charge in [-0.25, -0.2) is 4.98 Å². The Kier molecular flexibility index (Phi) is 7.31. The zero-order chi connectivity index (χ0) is 41.0. The average molecular weight is 722 g/mol. The molecule has 0 aliphatic heterocycles. The fourth-order valence-corrected chi connectivity index (χ4v) is 8.80. The van der Waals surface area contributed by atoms with Gasteiger partial charge in [-0.2, -0.15) is 0 Å². The van der Waals surface area contributed by atoms with Gasteiger partial charge in [-0.3, -0.25) is 4.57 Å². The van der Waals surface area contributed by atoms with Crippen molar-refractivity contribution in [1.29, 1.82) is 0 Å². The predicted octanol–water partition coefficient (Wildman–Crippen LogP) is 15.0. The Balaban J connectivity index is 1.37. The van der Waals surface area contributed by atoms with Crippen molar-refractivity contribution < 1.29 is 8.53 Å². The molecule has 274 valence electrons. The van der Waals surface area contributed by atoms with E-state index in [9.17, 15) is 0 Å². The number of hydrogen-bond donors (Lipinski definition) is 0. The summed E-state index contributed by atoms with van der Waals surface area (Å²) in [5, 5.41) is 5.76. The summed E-state index contributed by atoms with van der Waals surface area (Å²) in [4.78, 5) is 5.37. The summed E-state index contributed by atoms with van der Waals surface area (Å²) in [6, 6.07) is 38.2. The highest BCUT2D eigenvalue weighted by molar-refractivity contribution is 6.18. The molecule has 0 aliphatic rings. The Bertz CT molecular complexity index is 3060. The molecule has 0 saturated carbocycles. The number of fused-ring (bicyclic) bond motifs is 7. The van der Waals surface area contributed by atoms with Gasteiger partial charge in [0.05, 0.1) is 22.3 Å². The first-order valence-corrected chi connectivity index (χ1v) is 19.6. The second kappa shape index (κ2) is 12.7. The Labute approximate surface area is 328 Å². The molecule has 9 rings (SSSR count). The van der Waals surface area contributed by atoms with Crippen LogP contribution in [0.2, 0.25) is 0 Å². The third kappa shape index (κ3) is 5.58. The smallest absolute Gasteiger partial charge is 0.149 e. The molecular formula is C52H50N2O. The normalized spacial score (nSPS) is 13.5. The molecule has 0 N–H and O–H groups in total. The van der Waals surface area contributed by atoms with E-state index in [0.29, 0.717) is 16.6 Å². The van der Waals surface area contributed by atoms with Crippen LogP contribution in [0.5, 0.6) is 0 Å². The van der Waals surface area contributed by atoms with Crippen LogP contribution in [0.15, 0.2) is 114 Å². The summed E-state index contributed by atoms with van der Waals surface area (Å²) in [6.45, 7) is 18.0. The quantitative estimate of drug-likeness (QED) is 0.166. The molecule has 0 bridgehead atoms. The van der Waals surface area contributed by atoms with Crippen molar-refractivity contribution in [3.63, 3.8) is 0 Å². The zero-order valence-electron chi connectivity index (χ0n) is 36.3. The lowest BCUT2D eigenvalue weighted by Gasteiger charge is -2.26. The van der Waals surface area contributed by atoms with Gasteiger partial charge >= 0.3 is 0 Å². The topological polar surface area (TPSA) is 31.0 Å². The first-order valence-electron chi connectivity index (χ1n) is 21.1. The lowest BCUT2D eigenvalue weighted by Crippen LogP contribution is -2.12. The number of nitrogens with zero attached hydrogens (tertiary/aromatic N) is 2. The molecule has 0 aliphatic carbocycles. The summed E-state index contributed by atoms with van der Waals surface area (Å²) in [5.74, 6) is 1.08. The molecule has 55 heavy (non-hydrogen) atoms. The molecule has 7 aromatic carbocycles. The van der Waals surface area contributed by atoms with Crippen LogP contribution >= 0.6 is 0 Å². The maximum Gasteiger partial charge on any atom is 0.149 e. The first-order chi connectivity index (χ1) is 27.5. The van der Waals surface area contributed by atoms with E-state index in [1.54, 1.807) is 6.07 Å². The minimum Gasteiger partial charge on any atom is -0.455 e. The standard InChI is InChI=1S/C52H50N2O/c1-29(2)40-26-36(47-32(6)23-37(24-33(47)7)52(8,9)10)27-41(30(3)4)49(40)54-45-18-14-13-17-44(45)53-51(54)39-22-19-31(5)48-43-25-35-21-20-34-15-11-12-16-38(34)42(35)28-46(43)55-50(39)48/h11-30H,1-10H3/i5D3. The second-order valence-electron chi connectivity index (χ2n) is 17.1. The number of furan rings is 1. The minimum absolute atomic E-state index is 0.0533. The Morgan fingerprint density at radius 3 is 2.04 bits per heavy atom. The van der Waals surface area contributed by atoms with Crippen molar-refractivity contribution >= 4 is 54.5 Å². The number of para-hydroxylation sites is 2. The Hall–Kier alpha value is -5.67. The van der Waals surface area contributed by atoms with Gasteiger partial charge in [-0.1, -0.05) is 115 Å². The number of hydrogen-bond acceptors (Lipinski definition) is 2. The van der Waals surface area contributed by atoms with E-state index >= 15 is 0 Å². The van der Waals surface area contributed by atoms with Gasteiger partial charge in [-0.15, -0.1) is 0 Å². The maximum atomic E-state index is 8.66. The molecule has 2 heterocycles. The predicted molar refractivity (Wildman–Crippen MR) is 235 cm³/mol. The highest BCUT2D eigenvalue weighted by Gasteiger charge is 2.27. The van der Waals surface area contributed by atoms with Gasteiger partial charge in [0.1, 0.15) is 17.0 Å². The molecular weight excluding hydrogens is 669 g/mol. The van der Waals surface area contributed by atoms with Crippen LogP contribution < -0.4 is 0 Å². The van der Waals surface area contributed by atoms with Crippen molar-refractivity contribution in [2.24, 2.45) is 0 Å². The van der Waals surface area contributed by atoms with Crippen molar-refractivity contribution in [2.75, 3.05) is 0 Å². The Morgan fingerprint density at radius 2 is 1.35 bits per heavy atom. The van der Waals surface area contributed by atoms with Crippen LogP contribution in [0.4, 0.5) is 0 Å². The van der Waals surface area contributed by atoms with Gasteiger partial charge in [0.15, 0.2) is 0 Å². The third-order valence-corrected chi connectivity index (χ3v) is 11.6. The van der Waals surface area contributed by atoms with Crippen LogP contribution in [0.3, 0.4) is 0 Å². The lowest BCUT2D eigenvalue weighted by atomic mass is 9.81. The van der Waals surface area contributed by atoms with E-state index in [1.165, 1.54) is 38.9 Å². The molecule has 0 amide bonds. The maximum absolute atomic E-state index is 8.66. The highest BCUT2D eigenvalue weighted by atomic mass is 16.3. The summed E-state index contributed by atoms with van der Waals surface area (Å²) in [5.41, 5.74) is 14.0. The third-order valence-electron chi connectivity index (χ3n) is 11.6. The van der Waals surface area contributed by atoms with Crippen LogP contribution in [0, 0.1) is 20.7 Å². The zero-order valence-corrected chi connectivity index (χ0v) is 33.3. The molecule has 0 radical (unpaired) electrons. The molecule has 0 atom stereocenters. The lowest BCUT2D eigenvalue weighted by molar-refractivity contribution is 0.589. The SMILES string of the molecule is [2H]C([2H])([2H])c1ccc(-c2nc3ccccc3n2-c2c(C(C)C)cc(-c3c(C)cc(C(C)(C)C)cc3C)cc2C(C)C)c2oc3cc4c(ccc5ccccc54)cc3c12. The largest absolute Gasteiger partial charge is 0.455 e. The number of aromatic nitrogens is 2. The average Bonchev–Trinajstić information content (AvgIpc) is 3.73. The second-order valence-corrected chi connectivity index (χ2v) is 17.1. The van der Waals surface area contributed by atoms with Crippen LogP contribution in [-0.4, -0.2) is 9.55 Å². The van der Waals surface area contributed by atoms with E-state index in [2.05, 4.69) is 146 Å². The van der Waals surface area contributed by atoms with Crippen molar-refractivity contribution in [2.45, 2.75) is 86.4 Å². The van der Waals surface area contributed by atoms with Crippen molar-refractivity contribution in [3.05, 3.63) is 143 Å². The molecule has 0 fully saturated rings. The van der Waals surface area contributed by atoms with Crippen LogP contribution in [0.25, 0.3) is 82.7 Å². The van der Waals surface area contributed by atoms with E-state index in [1.807, 2.05) is 24.3 Å². The van der Waals surface area contributed by atoms with Gasteiger partial charge in [0.2, 0.25) is 0 Å². The van der Waals surface area contributed by atoms with Crippen molar-refractivity contribution in [1.82, 2.24) is 9.55 Å². The van der Waals surface area contributed by atoms with Gasteiger partial charge in [0, 0.05) is 14.9 Å². The Morgan fingerprint density at radius 1 is 0.673 bits per heavy atom. The number of rotatable bonds is 5. The summed E-state index contributed by atoms with van der Waals surface area (Å²) in [6.07, 6.45) is 0. The molecule has 3 nitrogen and oxygen atoms in total. The van der Waals surface area contributed by atoms with E-state index in [-0.39, 0.29) is 22.8 Å². The minimum atomic E-state index is -2.36. The van der Waals surface area contributed by atoms with E-state index in [4.69, 9.17) is 13.5 Å². The monoisotopic (exact) mass is 721 g/mol. The molecule has 0 unspecified atom stereocenters. The van der Waals surface area contributed by atoms with E-state index in [0.717, 1.165) is 55.0 Å². The molecule has 0 spiro atoms. The van der Waals surface area contributed by atoms with Crippen molar-refractivity contribution in [3.8, 4) is 28.2 Å². The van der Waals surface area contributed by atoms with Crippen LogP contribution in [-0.2, 0) is 5.41 Å². The fourth-order valence-electron chi connectivity index (χ4n) is 8.80. The van der Waals surface area contributed by atoms with E-state index < -0.39 is 6.85 Å². The molecule has 2 aromatic heterocycles. The first kappa shape index (κ1) is 31.7. The summed E-state index contributed by atoms with van der Waals surface area (Å²) >= 11 is 0. The number of aryl methyl sites for hydroxylation is 3. The molecule has 9 aromatic rings. The van der Waals surface area contributed by atoms with Gasteiger partial charge in [0.25, 0.3) is 0 Å². The summed E-state index contributed by atoms with van der Waals surface area (Å²) in [7, 11) is 0. The summed E-state index contributed by atoms with van der Waals surface area (Å²) < 4.78 is 35.2. The number of imidazole rings is 1. The van der Waals surface area contributed by atoms with Gasteiger partial charge in [-0.05, 0) is 146 Å². The van der Waals surface area contributed by atoms with Gasteiger partial charge < -0.3 is 4.42 Å². The molecule has 0 saturated heterocycles.